The van der Waals surface area contributed by atoms with E-state index in [2.05, 4.69) is 34.8 Å². The molecule has 0 spiro atoms. The van der Waals surface area contributed by atoms with Gasteiger partial charge in [-0.05, 0) is 30.8 Å². The maximum absolute atomic E-state index is 11.8. The molecule has 0 unspecified atom stereocenters. The number of sulfonamides is 1. The first-order valence-electron chi connectivity index (χ1n) is 9.03. The molecule has 0 saturated carbocycles. The third kappa shape index (κ3) is 6.00. The summed E-state index contributed by atoms with van der Waals surface area (Å²) in [7, 11) is -0.251. The van der Waals surface area contributed by atoms with Crippen molar-refractivity contribution >= 4 is 45.9 Å². The Labute approximate surface area is 188 Å². The highest BCUT2D eigenvalue weighted by atomic mass is 127. The van der Waals surface area contributed by atoms with Crippen molar-refractivity contribution in [3.8, 4) is 0 Å². The molecule has 0 bridgehead atoms. The number of guanidine groups is 1. The molecule has 1 fully saturated rings. The number of hydrogen-bond donors (Lipinski definition) is 2. The fraction of sp³-hybridized carbons (Fsp3) is 0.389. The molecule has 2 heterocycles. The van der Waals surface area contributed by atoms with E-state index in [4.69, 9.17) is 0 Å². The second-order valence-corrected chi connectivity index (χ2v) is 8.16. The van der Waals surface area contributed by atoms with Gasteiger partial charge in [0.15, 0.2) is 5.96 Å². The average Bonchev–Trinajstić information content (AvgIpc) is 2.75. The van der Waals surface area contributed by atoms with Gasteiger partial charge in [-0.25, -0.2) is 23.1 Å². The van der Waals surface area contributed by atoms with Crippen molar-refractivity contribution in [1.29, 1.82) is 0 Å². The van der Waals surface area contributed by atoms with Gasteiger partial charge in [0.25, 0.3) is 0 Å². The number of rotatable bonds is 5. The van der Waals surface area contributed by atoms with Crippen LogP contribution in [0.25, 0.3) is 0 Å². The molecule has 2 aromatic rings. The lowest BCUT2D eigenvalue weighted by molar-refractivity contribution is 0.370. The lowest BCUT2D eigenvalue weighted by atomic mass is 10.2. The van der Waals surface area contributed by atoms with Gasteiger partial charge < -0.3 is 15.1 Å². The highest BCUT2D eigenvalue weighted by Gasteiger charge is 2.21. The smallest absolute Gasteiger partial charge is 0.240 e. The highest BCUT2D eigenvalue weighted by Crippen LogP contribution is 2.12. The van der Waals surface area contributed by atoms with Crippen LogP contribution in [0.3, 0.4) is 0 Å². The summed E-state index contributed by atoms with van der Waals surface area (Å²) in [6.45, 7) is 3.84. The van der Waals surface area contributed by atoms with Crippen molar-refractivity contribution in [3.63, 3.8) is 0 Å². The Bertz CT molecular complexity index is 900. The molecule has 1 aliphatic heterocycles. The molecular weight excluding hydrogens is 505 g/mol. The number of anilines is 1. The fourth-order valence-corrected chi connectivity index (χ4v) is 3.72. The largest absolute Gasteiger partial charge is 0.352 e. The molecule has 0 atom stereocenters. The van der Waals surface area contributed by atoms with Crippen LogP contribution in [0.4, 0.5) is 5.95 Å². The Balaban J connectivity index is 0.00000300. The van der Waals surface area contributed by atoms with E-state index in [-0.39, 0.29) is 28.9 Å². The van der Waals surface area contributed by atoms with E-state index in [0.29, 0.717) is 6.54 Å². The zero-order valence-electron chi connectivity index (χ0n) is 16.4. The Morgan fingerprint density at radius 2 is 1.72 bits per heavy atom. The standard InChI is InChI=1S/C18H25N7O2S.HI/c1-19-17(23-14-15-4-6-16(7-5-15)28(26,27)20-2)24-10-12-25(13-11-24)18-21-8-3-9-22-18;/h3-9,20H,10-14H2,1-2H3,(H,19,23);1H. The van der Waals surface area contributed by atoms with Gasteiger partial charge >= 0.3 is 0 Å². The number of benzene rings is 1. The van der Waals surface area contributed by atoms with Gasteiger partial charge in [0.05, 0.1) is 4.90 Å². The number of piperazine rings is 1. The Morgan fingerprint density at radius 1 is 1.10 bits per heavy atom. The summed E-state index contributed by atoms with van der Waals surface area (Å²) in [5.41, 5.74) is 0.979. The van der Waals surface area contributed by atoms with Gasteiger partial charge in [-0.3, -0.25) is 4.99 Å². The quantitative estimate of drug-likeness (QED) is 0.336. The number of aliphatic imine (C=N–C) groups is 1. The Hall–Kier alpha value is -1.99. The Morgan fingerprint density at radius 3 is 2.28 bits per heavy atom. The zero-order valence-corrected chi connectivity index (χ0v) is 19.6. The zero-order chi connectivity index (χ0) is 20.0. The maximum Gasteiger partial charge on any atom is 0.240 e. The molecule has 1 saturated heterocycles. The van der Waals surface area contributed by atoms with E-state index in [0.717, 1.165) is 43.7 Å². The molecule has 1 aliphatic rings. The molecule has 11 heteroatoms. The summed E-state index contributed by atoms with van der Waals surface area (Å²) in [6, 6.07) is 8.62. The van der Waals surface area contributed by atoms with E-state index >= 15 is 0 Å². The highest BCUT2D eigenvalue weighted by molar-refractivity contribution is 14.0. The first kappa shape index (κ1) is 23.3. The summed E-state index contributed by atoms with van der Waals surface area (Å²) in [4.78, 5) is 17.6. The van der Waals surface area contributed by atoms with E-state index in [1.54, 1.807) is 43.7 Å². The molecule has 0 amide bonds. The molecular formula is C18H26IN7O2S. The van der Waals surface area contributed by atoms with Crippen molar-refractivity contribution < 1.29 is 8.42 Å². The normalized spacial score (nSPS) is 15.0. The summed E-state index contributed by atoms with van der Waals surface area (Å²) in [6.07, 6.45) is 3.50. The summed E-state index contributed by atoms with van der Waals surface area (Å²) >= 11 is 0. The lowest BCUT2D eigenvalue weighted by Gasteiger charge is -2.36. The molecule has 0 radical (unpaired) electrons. The van der Waals surface area contributed by atoms with Crippen LogP contribution < -0.4 is 14.9 Å². The lowest BCUT2D eigenvalue weighted by Crippen LogP contribution is -2.52. The minimum Gasteiger partial charge on any atom is -0.352 e. The van der Waals surface area contributed by atoms with Crippen LogP contribution in [0.1, 0.15) is 5.56 Å². The van der Waals surface area contributed by atoms with Gasteiger partial charge in [0.2, 0.25) is 16.0 Å². The predicted octanol–water partition coefficient (Wildman–Crippen LogP) is 0.900. The first-order chi connectivity index (χ1) is 13.5. The molecule has 0 aliphatic carbocycles. The summed E-state index contributed by atoms with van der Waals surface area (Å²) in [5, 5.41) is 3.34. The van der Waals surface area contributed by atoms with Crippen LogP contribution >= 0.6 is 24.0 Å². The van der Waals surface area contributed by atoms with Crippen LogP contribution in [0.2, 0.25) is 0 Å². The SMILES string of the molecule is CN=C(NCc1ccc(S(=O)(=O)NC)cc1)N1CCN(c2ncccn2)CC1.I. The van der Waals surface area contributed by atoms with Crippen LogP contribution in [-0.2, 0) is 16.6 Å². The molecule has 1 aromatic heterocycles. The molecule has 3 rings (SSSR count). The van der Waals surface area contributed by atoms with E-state index < -0.39 is 10.0 Å². The van der Waals surface area contributed by atoms with Gasteiger partial charge in [0, 0.05) is 52.2 Å². The van der Waals surface area contributed by atoms with Crippen LogP contribution in [0.15, 0.2) is 52.6 Å². The van der Waals surface area contributed by atoms with Gasteiger partial charge in [0.1, 0.15) is 0 Å². The number of nitrogens with one attached hydrogen (secondary N) is 2. The number of hydrogen-bond acceptors (Lipinski definition) is 6. The van der Waals surface area contributed by atoms with Crippen molar-refractivity contribution in [2.75, 3.05) is 45.2 Å². The molecule has 9 nitrogen and oxygen atoms in total. The molecule has 158 valence electrons. The summed E-state index contributed by atoms with van der Waals surface area (Å²) in [5.74, 6) is 1.57. The van der Waals surface area contributed by atoms with Gasteiger partial charge in [-0.15, -0.1) is 24.0 Å². The second-order valence-electron chi connectivity index (χ2n) is 6.28. The van der Waals surface area contributed by atoms with E-state index in [1.807, 2.05) is 6.07 Å². The van der Waals surface area contributed by atoms with Crippen LogP contribution in [-0.4, -0.2) is 69.5 Å². The van der Waals surface area contributed by atoms with Crippen molar-refractivity contribution in [2.24, 2.45) is 4.99 Å². The molecule has 1 aromatic carbocycles. The Kier molecular flexibility index (Phi) is 8.59. The van der Waals surface area contributed by atoms with Crippen LogP contribution in [0, 0.1) is 0 Å². The second kappa shape index (κ2) is 10.7. The monoisotopic (exact) mass is 531 g/mol. The van der Waals surface area contributed by atoms with E-state index in [9.17, 15) is 8.42 Å². The number of nitrogens with zero attached hydrogens (tertiary/aromatic N) is 5. The predicted molar refractivity (Wildman–Crippen MR) is 124 cm³/mol. The number of aromatic nitrogens is 2. The van der Waals surface area contributed by atoms with E-state index in [1.165, 1.54) is 7.05 Å². The van der Waals surface area contributed by atoms with Crippen LogP contribution in [0.5, 0.6) is 0 Å². The van der Waals surface area contributed by atoms with Crippen molar-refractivity contribution in [2.45, 2.75) is 11.4 Å². The fourth-order valence-electron chi connectivity index (χ4n) is 2.99. The third-order valence-electron chi connectivity index (χ3n) is 4.58. The summed E-state index contributed by atoms with van der Waals surface area (Å²) < 4.78 is 25.9. The third-order valence-corrected chi connectivity index (χ3v) is 6.01. The minimum absolute atomic E-state index is 0. The van der Waals surface area contributed by atoms with Gasteiger partial charge in [-0.1, -0.05) is 12.1 Å². The minimum atomic E-state index is -3.41. The maximum atomic E-state index is 11.8. The first-order valence-corrected chi connectivity index (χ1v) is 10.5. The van der Waals surface area contributed by atoms with Gasteiger partial charge in [-0.2, -0.15) is 0 Å². The topological polar surface area (TPSA) is 103 Å². The number of halogens is 1. The molecule has 29 heavy (non-hydrogen) atoms. The van der Waals surface area contributed by atoms with Crippen molar-refractivity contribution in [3.05, 3.63) is 48.3 Å². The van der Waals surface area contributed by atoms with Crippen molar-refractivity contribution in [1.82, 2.24) is 24.9 Å². The molecule has 2 N–H and O–H groups in total. The average molecular weight is 531 g/mol.